The molecule has 1 aliphatic rings. The SMILES string of the molecule is CCOCCOC1CCc2ccc(OC)cc2C1N. The number of ether oxygens (including phenoxy) is 3. The summed E-state index contributed by atoms with van der Waals surface area (Å²) < 4.78 is 16.4. The molecule has 19 heavy (non-hydrogen) atoms. The normalized spacial score (nSPS) is 22.1. The highest BCUT2D eigenvalue weighted by Crippen LogP contribution is 2.32. The maximum Gasteiger partial charge on any atom is 0.119 e. The molecule has 0 radical (unpaired) electrons. The van der Waals surface area contributed by atoms with Gasteiger partial charge in [0, 0.05) is 6.61 Å². The molecule has 2 unspecified atom stereocenters. The predicted molar refractivity (Wildman–Crippen MR) is 74.5 cm³/mol. The lowest BCUT2D eigenvalue weighted by atomic mass is 9.86. The van der Waals surface area contributed by atoms with Crippen molar-refractivity contribution in [3.63, 3.8) is 0 Å². The van der Waals surface area contributed by atoms with E-state index in [-0.39, 0.29) is 12.1 Å². The third-order valence-corrected chi connectivity index (χ3v) is 3.57. The van der Waals surface area contributed by atoms with Gasteiger partial charge >= 0.3 is 0 Å². The molecule has 1 aliphatic carbocycles. The maximum absolute atomic E-state index is 6.31. The van der Waals surface area contributed by atoms with E-state index >= 15 is 0 Å². The van der Waals surface area contributed by atoms with Crippen LogP contribution in [0, 0.1) is 0 Å². The molecular formula is C15H23NO3. The van der Waals surface area contributed by atoms with Crippen LogP contribution in [0.5, 0.6) is 5.75 Å². The van der Waals surface area contributed by atoms with Crippen molar-refractivity contribution in [2.45, 2.75) is 31.9 Å². The average Bonchev–Trinajstić information content (AvgIpc) is 2.45. The number of rotatable bonds is 6. The Labute approximate surface area is 114 Å². The largest absolute Gasteiger partial charge is 0.497 e. The number of hydrogen-bond donors (Lipinski definition) is 1. The fourth-order valence-corrected chi connectivity index (χ4v) is 2.51. The lowest BCUT2D eigenvalue weighted by Crippen LogP contribution is -2.34. The monoisotopic (exact) mass is 265 g/mol. The summed E-state index contributed by atoms with van der Waals surface area (Å²) >= 11 is 0. The Balaban J connectivity index is 1.99. The van der Waals surface area contributed by atoms with Crippen LogP contribution >= 0.6 is 0 Å². The maximum atomic E-state index is 6.31. The van der Waals surface area contributed by atoms with Gasteiger partial charge in [-0.3, -0.25) is 0 Å². The Bertz CT molecular complexity index is 408. The van der Waals surface area contributed by atoms with E-state index in [1.807, 2.05) is 19.1 Å². The van der Waals surface area contributed by atoms with Crippen LogP contribution in [-0.2, 0) is 15.9 Å². The van der Waals surface area contributed by atoms with E-state index in [1.165, 1.54) is 5.56 Å². The van der Waals surface area contributed by atoms with Gasteiger partial charge in [0.25, 0.3) is 0 Å². The molecular weight excluding hydrogens is 242 g/mol. The third kappa shape index (κ3) is 3.47. The predicted octanol–water partition coefficient (Wildman–Crippen LogP) is 2.06. The summed E-state index contributed by atoms with van der Waals surface area (Å²) in [5.74, 6) is 0.851. The Morgan fingerprint density at radius 3 is 2.89 bits per heavy atom. The molecule has 0 bridgehead atoms. The van der Waals surface area contributed by atoms with Gasteiger partial charge in [-0.15, -0.1) is 0 Å². The Kier molecular flexibility index (Phi) is 5.19. The van der Waals surface area contributed by atoms with Gasteiger partial charge in [0.1, 0.15) is 5.75 Å². The highest BCUT2D eigenvalue weighted by atomic mass is 16.5. The molecule has 0 aromatic heterocycles. The summed E-state index contributed by atoms with van der Waals surface area (Å²) in [7, 11) is 1.67. The molecule has 0 saturated carbocycles. The molecule has 0 aliphatic heterocycles. The molecule has 2 atom stereocenters. The van der Waals surface area contributed by atoms with Crippen molar-refractivity contribution in [2.75, 3.05) is 26.9 Å². The molecule has 0 fully saturated rings. The van der Waals surface area contributed by atoms with Gasteiger partial charge in [0.2, 0.25) is 0 Å². The number of nitrogens with two attached hydrogens (primary N) is 1. The van der Waals surface area contributed by atoms with Crippen LogP contribution in [0.4, 0.5) is 0 Å². The van der Waals surface area contributed by atoms with E-state index in [4.69, 9.17) is 19.9 Å². The van der Waals surface area contributed by atoms with E-state index in [0.717, 1.165) is 30.8 Å². The second-order valence-corrected chi connectivity index (χ2v) is 4.74. The molecule has 2 N–H and O–H groups in total. The van der Waals surface area contributed by atoms with Crippen LogP contribution in [0.15, 0.2) is 18.2 Å². The number of benzene rings is 1. The molecule has 4 nitrogen and oxygen atoms in total. The number of fused-ring (bicyclic) bond motifs is 1. The summed E-state index contributed by atoms with van der Waals surface area (Å²) in [6, 6.07) is 6.03. The summed E-state index contributed by atoms with van der Waals surface area (Å²) in [4.78, 5) is 0. The Morgan fingerprint density at radius 2 is 2.16 bits per heavy atom. The van der Waals surface area contributed by atoms with Crippen molar-refractivity contribution in [3.8, 4) is 5.75 Å². The highest BCUT2D eigenvalue weighted by molar-refractivity contribution is 5.39. The number of methoxy groups -OCH3 is 1. The van der Waals surface area contributed by atoms with Gasteiger partial charge in [-0.1, -0.05) is 6.07 Å². The van der Waals surface area contributed by atoms with Crippen molar-refractivity contribution in [1.29, 1.82) is 0 Å². The van der Waals surface area contributed by atoms with Crippen LogP contribution in [0.25, 0.3) is 0 Å². The standard InChI is InChI=1S/C15H23NO3/c1-3-18-8-9-19-14-7-5-11-4-6-12(17-2)10-13(11)15(14)16/h4,6,10,14-15H,3,5,7-9,16H2,1-2H3. The zero-order valence-corrected chi connectivity index (χ0v) is 11.7. The molecule has 0 spiro atoms. The topological polar surface area (TPSA) is 53.7 Å². The quantitative estimate of drug-likeness (QED) is 0.800. The van der Waals surface area contributed by atoms with Gasteiger partial charge in [-0.2, -0.15) is 0 Å². The van der Waals surface area contributed by atoms with Gasteiger partial charge in [0.05, 0.1) is 32.5 Å². The Hall–Kier alpha value is -1.10. The fraction of sp³-hybridized carbons (Fsp3) is 0.600. The van der Waals surface area contributed by atoms with E-state index in [9.17, 15) is 0 Å². The smallest absolute Gasteiger partial charge is 0.119 e. The molecule has 4 heteroatoms. The Morgan fingerprint density at radius 1 is 1.32 bits per heavy atom. The van der Waals surface area contributed by atoms with Gasteiger partial charge in [0.15, 0.2) is 0 Å². The molecule has 1 aromatic carbocycles. The van der Waals surface area contributed by atoms with Crippen molar-refractivity contribution in [2.24, 2.45) is 5.73 Å². The second-order valence-electron chi connectivity index (χ2n) is 4.74. The first-order valence-electron chi connectivity index (χ1n) is 6.88. The average molecular weight is 265 g/mol. The summed E-state index contributed by atoms with van der Waals surface area (Å²) in [5.41, 5.74) is 8.76. The van der Waals surface area contributed by atoms with Crippen LogP contribution in [-0.4, -0.2) is 33.0 Å². The summed E-state index contributed by atoms with van der Waals surface area (Å²) in [5, 5.41) is 0. The molecule has 2 rings (SSSR count). The van der Waals surface area contributed by atoms with Crippen LogP contribution in [0.2, 0.25) is 0 Å². The van der Waals surface area contributed by atoms with Crippen LogP contribution in [0.1, 0.15) is 30.5 Å². The minimum atomic E-state index is -0.0829. The first-order valence-corrected chi connectivity index (χ1v) is 6.88. The number of hydrogen-bond acceptors (Lipinski definition) is 4. The van der Waals surface area contributed by atoms with Crippen LogP contribution < -0.4 is 10.5 Å². The first-order chi connectivity index (χ1) is 9.26. The van der Waals surface area contributed by atoms with Gasteiger partial charge in [-0.05, 0) is 43.0 Å². The van der Waals surface area contributed by atoms with Gasteiger partial charge in [-0.25, -0.2) is 0 Å². The van der Waals surface area contributed by atoms with Crippen molar-refractivity contribution >= 4 is 0 Å². The summed E-state index contributed by atoms with van der Waals surface area (Å²) in [6.45, 7) is 3.94. The minimum Gasteiger partial charge on any atom is -0.497 e. The number of aryl methyl sites for hydroxylation is 1. The molecule has 0 heterocycles. The van der Waals surface area contributed by atoms with E-state index < -0.39 is 0 Å². The lowest BCUT2D eigenvalue weighted by molar-refractivity contribution is -0.0105. The molecule has 1 aromatic rings. The van der Waals surface area contributed by atoms with Crippen molar-refractivity contribution in [1.82, 2.24) is 0 Å². The summed E-state index contributed by atoms with van der Waals surface area (Å²) in [6.07, 6.45) is 2.04. The minimum absolute atomic E-state index is 0.0695. The van der Waals surface area contributed by atoms with Crippen molar-refractivity contribution < 1.29 is 14.2 Å². The third-order valence-electron chi connectivity index (χ3n) is 3.57. The highest BCUT2D eigenvalue weighted by Gasteiger charge is 2.27. The molecule has 106 valence electrons. The first kappa shape index (κ1) is 14.3. The van der Waals surface area contributed by atoms with Crippen molar-refractivity contribution in [3.05, 3.63) is 29.3 Å². The van der Waals surface area contributed by atoms with Crippen LogP contribution in [0.3, 0.4) is 0 Å². The zero-order valence-electron chi connectivity index (χ0n) is 11.7. The molecule has 0 saturated heterocycles. The fourth-order valence-electron chi connectivity index (χ4n) is 2.51. The van der Waals surface area contributed by atoms with E-state index in [0.29, 0.717) is 13.2 Å². The lowest BCUT2D eigenvalue weighted by Gasteiger charge is -2.31. The zero-order chi connectivity index (χ0) is 13.7. The molecule has 0 amide bonds. The van der Waals surface area contributed by atoms with E-state index in [2.05, 4.69) is 6.07 Å². The van der Waals surface area contributed by atoms with Gasteiger partial charge < -0.3 is 19.9 Å². The van der Waals surface area contributed by atoms with E-state index in [1.54, 1.807) is 7.11 Å². The second kappa shape index (κ2) is 6.89.